The minimum atomic E-state index is 0.658. The van der Waals surface area contributed by atoms with E-state index in [-0.39, 0.29) is 0 Å². The van der Waals surface area contributed by atoms with Crippen molar-refractivity contribution in [1.82, 2.24) is 14.9 Å². The Morgan fingerprint density at radius 1 is 1.00 bits per heavy atom. The Labute approximate surface area is 147 Å². The summed E-state index contributed by atoms with van der Waals surface area (Å²) in [5, 5.41) is 12.6. The number of rotatable bonds is 2. The molecule has 1 aliphatic rings. The molecule has 0 fully saturated rings. The molecule has 4 rings (SSSR count). The number of benzene rings is 2. The Bertz CT molecular complexity index is 920. The number of nitrogens with zero attached hydrogens (tertiary/aromatic N) is 3. The molecule has 2 aromatic carbocycles. The predicted octanol–water partition coefficient (Wildman–Crippen LogP) is 4.90. The first-order valence-corrected chi connectivity index (χ1v) is 8.46. The summed E-state index contributed by atoms with van der Waals surface area (Å²) in [5.74, 6) is 0.702. The minimum absolute atomic E-state index is 0.658. The van der Waals surface area contributed by atoms with Gasteiger partial charge in [-0.05, 0) is 18.2 Å². The normalized spacial score (nSPS) is 13.2. The van der Waals surface area contributed by atoms with Gasteiger partial charge < -0.3 is 0 Å². The van der Waals surface area contributed by atoms with Crippen molar-refractivity contribution >= 4 is 40.7 Å². The average molecular weight is 361 g/mol. The van der Waals surface area contributed by atoms with E-state index in [1.807, 2.05) is 58.6 Å². The highest BCUT2D eigenvalue weighted by Crippen LogP contribution is 2.33. The molecule has 1 aromatic heterocycles. The summed E-state index contributed by atoms with van der Waals surface area (Å²) in [6.07, 6.45) is 0. The maximum atomic E-state index is 6.29. The second-order valence-corrected chi connectivity index (χ2v) is 6.57. The molecule has 0 unspecified atom stereocenters. The Balaban J connectivity index is 1.74. The van der Waals surface area contributed by atoms with E-state index in [1.54, 1.807) is 0 Å². The van der Waals surface area contributed by atoms with Crippen LogP contribution in [-0.2, 0) is 0 Å². The third-order valence-corrected chi connectivity index (χ3v) is 4.79. The second kappa shape index (κ2) is 5.92. The highest BCUT2D eigenvalue weighted by molar-refractivity contribution is 8.02. The lowest BCUT2D eigenvalue weighted by atomic mass is 10.2. The lowest BCUT2D eigenvalue weighted by molar-refractivity contribution is 0.826. The van der Waals surface area contributed by atoms with Gasteiger partial charge in [0.25, 0.3) is 0 Å². The van der Waals surface area contributed by atoms with Crippen LogP contribution in [0.2, 0.25) is 10.0 Å². The fraction of sp³-hybridized carbons (Fsp3) is 0. The summed E-state index contributed by atoms with van der Waals surface area (Å²) in [5.41, 5.74) is 6.05. The van der Waals surface area contributed by atoms with Crippen molar-refractivity contribution in [2.75, 3.05) is 5.43 Å². The van der Waals surface area contributed by atoms with E-state index in [4.69, 9.17) is 23.2 Å². The molecule has 0 aliphatic carbocycles. The van der Waals surface area contributed by atoms with Crippen LogP contribution in [0, 0.1) is 0 Å². The Morgan fingerprint density at radius 2 is 1.87 bits per heavy atom. The lowest BCUT2D eigenvalue weighted by Gasteiger charge is -2.19. The van der Waals surface area contributed by atoms with Crippen LogP contribution < -0.4 is 5.43 Å². The van der Waals surface area contributed by atoms with Gasteiger partial charge in [0, 0.05) is 26.6 Å². The molecule has 1 N–H and O–H groups in total. The summed E-state index contributed by atoms with van der Waals surface area (Å²) in [6, 6.07) is 15.2. The molecule has 4 nitrogen and oxygen atoms in total. The van der Waals surface area contributed by atoms with Gasteiger partial charge in [0.1, 0.15) is 0 Å². The summed E-state index contributed by atoms with van der Waals surface area (Å²) in [7, 11) is 0. The Kier molecular flexibility index (Phi) is 3.77. The smallest absolute Gasteiger partial charge is 0.214 e. The van der Waals surface area contributed by atoms with E-state index in [0.717, 1.165) is 22.0 Å². The van der Waals surface area contributed by atoms with E-state index in [1.165, 1.54) is 11.8 Å². The van der Waals surface area contributed by atoms with Gasteiger partial charge in [-0.2, -0.15) is 0 Å². The highest BCUT2D eigenvalue weighted by atomic mass is 35.5. The first-order valence-electron chi connectivity index (χ1n) is 6.82. The SMILES string of the molecule is Clc1cccc(-c2nnc3n2NC(c2ccccc2Cl)=CS3)c1. The van der Waals surface area contributed by atoms with Crippen LogP contribution in [0.1, 0.15) is 5.56 Å². The van der Waals surface area contributed by atoms with Crippen molar-refractivity contribution in [2.24, 2.45) is 0 Å². The van der Waals surface area contributed by atoms with Gasteiger partial charge >= 0.3 is 0 Å². The molecule has 1 aliphatic heterocycles. The standard InChI is InChI=1S/C16H10Cl2N4S/c17-11-5-3-4-10(8-11)15-19-20-16-22(15)21-14(9-23-16)12-6-1-2-7-13(12)18/h1-9,21H. The summed E-state index contributed by atoms with van der Waals surface area (Å²) >= 11 is 13.9. The molecule has 0 amide bonds. The third kappa shape index (κ3) is 2.72. The number of hydrogen-bond acceptors (Lipinski definition) is 4. The van der Waals surface area contributed by atoms with Crippen LogP contribution in [-0.4, -0.2) is 14.9 Å². The molecule has 23 heavy (non-hydrogen) atoms. The molecule has 3 aromatic rings. The van der Waals surface area contributed by atoms with Gasteiger partial charge in [0.2, 0.25) is 5.16 Å². The van der Waals surface area contributed by atoms with E-state index < -0.39 is 0 Å². The van der Waals surface area contributed by atoms with E-state index in [9.17, 15) is 0 Å². The molecule has 0 spiro atoms. The summed E-state index contributed by atoms with van der Waals surface area (Å²) in [6.45, 7) is 0. The maximum Gasteiger partial charge on any atom is 0.214 e. The lowest BCUT2D eigenvalue weighted by Crippen LogP contribution is -2.18. The van der Waals surface area contributed by atoms with E-state index in [2.05, 4.69) is 15.6 Å². The molecular formula is C16H10Cl2N4S. The first kappa shape index (κ1) is 14.6. The quantitative estimate of drug-likeness (QED) is 0.705. The van der Waals surface area contributed by atoms with Crippen molar-refractivity contribution in [3.05, 3.63) is 69.5 Å². The van der Waals surface area contributed by atoms with Crippen molar-refractivity contribution in [1.29, 1.82) is 0 Å². The van der Waals surface area contributed by atoms with Gasteiger partial charge in [-0.15, -0.1) is 10.2 Å². The fourth-order valence-electron chi connectivity index (χ4n) is 2.32. The number of hydrogen-bond donors (Lipinski definition) is 1. The molecule has 7 heteroatoms. The largest absolute Gasteiger partial charge is 0.289 e. The molecule has 0 saturated carbocycles. The zero-order valence-electron chi connectivity index (χ0n) is 11.7. The van der Waals surface area contributed by atoms with Gasteiger partial charge in [-0.3, -0.25) is 5.43 Å². The molecule has 0 saturated heterocycles. The van der Waals surface area contributed by atoms with Gasteiger partial charge in [0.15, 0.2) is 5.82 Å². The number of aromatic nitrogens is 3. The topological polar surface area (TPSA) is 42.7 Å². The molecule has 114 valence electrons. The first-order chi connectivity index (χ1) is 11.2. The monoisotopic (exact) mass is 360 g/mol. The third-order valence-electron chi connectivity index (χ3n) is 3.39. The van der Waals surface area contributed by atoms with Gasteiger partial charge in [-0.1, -0.05) is 65.3 Å². The van der Waals surface area contributed by atoms with Crippen molar-refractivity contribution in [3.8, 4) is 11.4 Å². The molecule has 0 bridgehead atoms. The predicted molar refractivity (Wildman–Crippen MR) is 95.1 cm³/mol. The van der Waals surface area contributed by atoms with E-state index >= 15 is 0 Å². The van der Waals surface area contributed by atoms with Crippen LogP contribution >= 0.6 is 35.0 Å². The van der Waals surface area contributed by atoms with Crippen LogP contribution in [0.25, 0.3) is 17.1 Å². The van der Waals surface area contributed by atoms with Gasteiger partial charge in [-0.25, -0.2) is 4.68 Å². The zero-order chi connectivity index (χ0) is 15.8. The number of halogens is 2. The summed E-state index contributed by atoms with van der Waals surface area (Å²) < 4.78 is 1.84. The molecule has 2 heterocycles. The van der Waals surface area contributed by atoms with Crippen LogP contribution in [0.3, 0.4) is 0 Å². The van der Waals surface area contributed by atoms with Crippen LogP contribution in [0.5, 0.6) is 0 Å². The van der Waals surface area contributed by atoms with Crippen molar-refractivity contribution in [3.63, 3.8) is 0 Å². The summed E-state index contributed by atoms with van der Waals surface area (Å²) in [4.78, 5) is 0. The number of thioether (sulfide) groups is 1. The highest BCUT2D eigenvalue weighted by Gasteiger charge is 2.20. The van der Waals surface area contributed by atoms with Crippen LogP contribution in [0.15, 0.2) is 59.1 Å². The maximum absolute atomic E-state index is 6.29. The average Bonchev–Trinajstić information content (AvgIpc) is 2.98. The minimum Gasteiger partial charge on any atom is -0.289 e. The Hall–Kier alpha value is -1.95. The Morgan fingerprint density at radius 3 is 2.70 bits per heavy atom. The zero-order valence-corrected chi connectivity index (χ0v) is 14.0. The van der Waals surface area contributed by atoms with Crippen molar-refractivity contribution < 1.29 is 0 Å². The second-order valence-electron chi connectivity index (χ2n) is 4.89. The molecular weight excluding hydrogens is 351 g/mol. The number of nitrogens with one attached hydrogen (secondary N) is 1. The number of fused-ring (bicyclic) bond motifs is 1. The van der Waals surface area contributed by atoms with Gasteiger partial charge in [0.05, 0.1) is 5.70 Å². The van der Waals surface area contributed by atoms with E-state index in [0.29, 0.717) is 15.9 Å². The van der Waals surface area contributed by atoms with Crippen molar-refractivity contribution in [2.45, 2.75) is 5.16 Å². The fourth-order valence-corrected chi connectivity index (χ4v) is 3.48. The molecule has 0 radical (unpaired) electrons. The molecule has 0 atom stereocenters. The van der Waals surface area contributed by atoms with Crippen LogP contribution in [0.4, 0.5) is 0 Å².